The summed E-state index contributed by atoms with van der Waals surface area (Å²) in [7, 11) is 3.60. The van der Waals surface area contributed by atoms with Gasteiger partial charge in [-0.2, -0.15) is 0 Å². The van der Waals surface area contributed by atoms with E-state index in [0.717, 1.165) is 23.6 Å². The lowest BCUT2D eigenvalue weighted by molar-refractivity contribution is 0.301. The molecule has 112 valence electrons. The maximum absolute atomic E-state index is 5.99. The Labute approximate surface area is 126 Å². The third-order valence-electron chi connectivity index (χ3n) is 3.31. The first kappa shape index (κ1) is 15.4. The molecule has 0 aliphatic rings. The van der Waals surface area contributed by atoms with Gasteiger partial charge < -0.3 is 14.8 Å². The standard InChI is InChI=1S/C18H23NO2/c1-13-7-14(2)9-15(8-13)12-21-18-6-5-17(20-4)10-16(18)11-19-3/h5-10,19H,11-12H2,1-4H3. The van der Waals surface area contributed by atoms with E-state index in [1.807, 2.05) is 25.2 Å². The molecular weight excluding hydrogens is 262 g/mol. The Hall–Kier alpha value is -2.00. The molecule has 21 heavy (non-hydrogen) atoms. The largest absolute Gasteiger partial charge is 0.497 e. The topological polar surface area (TPSA) is 30.5 Å². The quantitative estimate of drug-likeness (QED) is 0.879. The Morgan fingerprint density at radius 1 is 1.00 bits per heavy atom. The van der Waals surface area contributed by atoms with Crippen molar-refractivity contribution < 1.29 is 9.47 Å². The molecule has 2 aromatic rings. The van der Waals surface area contributed by atoms with Crippen molar-refractivity contribution >= 4 is 0 Å². The van der Waals surface area contributed by atoms with Gasteiger partial charge in [0.2, 0.25) is 0 Å². The molecule has 2 aromatic carbocycles. The van der Waals surface area contributed by atoms with Gasteiger partial charge in [-0.15, -0.1) is 0 Å². The summed E-state index contributed by atoms with van der Waals surface area (Å²) in [5.74, 6) is 1.74. The van der Waals surface area contributed by atoms with Crippen molar-refractivity contribution in [3.8, 4) is 11.5 Å². The van der Waals surface area contributed by atoms with Crippen molar-refractivity contribution in [2.24, 2.45) is 0 Å². The highest BCUT2D eigenvalue weighted by atomic mass is 16.5. The minimum absolute atomic E-state index is 0.575. The maximum atomic E-state index is 5.99. The lowest BCUT2D eigenvalue weighted by Crippen LogP contribution is -2.08. The maximum Gasteiger partial charge on any atom is 0.124 e. The molecule has 0 unspecified atom stereocenters. The molecule has 3 heteroatoms. The van der Waals surface area contributed by atoms with Crippen LogP contribution in [0.5, 0.6) is 11.5 Å². The van der Waals surface area contributed by atoms with Gasteiger partial charge in [0.1, 0.15) is 18.1 Å². The van der Waals surface area contributed by atoms with E-state index in [0.29, 0.717) is 6.61 Å². The molecule has 0 heterocycles. The predicted molar refractivity (Wildman–Crippen MR) is 86.0 cm³/mol. The third kappa shape index (κ3) is 4.23. The summed E-state index contributed by atoms with van der Waals surface area (Å²) >= 11 is 0. The number of ether oxygens (including phenoxy) is 2. The minimum Gasteiger partial charge on any atom is -0.497 e. The summed E-state index contributed by atoms with van der Waals surface area (Å²) in [6.07, 6.45) is 0. The molecular formula is C18H23NO2. The van der Waals surface area contributed by atoms with Crippen LogP contribution in [-0.2, 0) is 13.2 Å². The van der Waals surface area contributed by atoms with Crippen LogP contribution in [0.2, 0.25) is 0 Å². The Morgan fingerprint density at radius 2 is 1.71 bits per heavy atom. The van der Waals surface area contributed by atoms with Crippen LogP contribution >= 0.6 is 0 Å². The van der Waals surface area contributed by atoms with Gasteiger partial charge in [-0.3, -0.25) is 0 Å². The zero-order valence-corrected chi connectivity index (χ0v) is 13.2. The monoisotopic (exact) mass is 285 g/mol. The molecule has 0 saturated heterocycles. The normalized spacial score (nSPS) is 10.5. The summed E-state index contributed by atoms with van der Waals surface area (Å²) in [4.78, 5) is 0. The molecule has 1 N–H and O–H groups in total. The molecule has 0 fully saturated rings. The van der Waals surface area contributed by atoms with Gasteiger partial charge in [0.15, 0.2) is 0 Å². The molecule has 0 bridgehead atoms. The SMILES string of the molecule is CNCc1cc(OC)ccc1OCc1cc(C)cc(C)c1. The van der Waals surface area contributed by atoms with Crippen LogP contribution in [0.25, 0.3) is 0 Å². The fraction of sp³-hybridized carbons (Fsp3) is 0.333. The van der Waals surface area contributed by atoms with E-state index >= 15 is 0 Å². The Kier molecular flexibility index (Phi) is 5.23. The number of hydrogen-bond donors (Lipinski definition) is 1. The van der Waals surface area contributed by atoms with E-state index < -0.39 is 0 Å². The zero-order valence-electron chi connectivity index (χ0n) is 13.2. The van der Waals surface area contributed by atoms with E-state index in [1.165, 1.54) is 16.7 Å². The van der Waals surface area contributed by atoms with Crippen molar-refractivity contribution in [3.63, 3.8) is 0 Å². The first-order chi connectivity index (χ1) is 10.1. The Balaban J connectivity index is 2.15. The summed E-state index contributed by atoms with van der Waals surface area (Å²) in [5, 5.41) is 3.16. The van der Waals surface area contributed by atoms with Gasteiger partial charge in [-0.1, -0.05) is 29.3 Å². The van der Waals surface area contributed by atoms with Gasteiger partial charge in [-0.05, 0) is 44.7 Å². The van der Waals surface area contributed by atoms with Crippen LogP contribution in [0.3, 0.4) is 0 Å². The van der Waals surface area contributed by atoms with Crippen LogP contribution in [0.4, 0.5) is 0 Å². The number of nitrogens with one attached hydrogen (secondary N) is 1. The van der Waals surface area contributed by atoms with Crippen molar-refractivity contribution in [3.05, 3.63) is 58.7 Å². The van der Waals surface area contributed by atoms with Crippen LogP contribution in [0.1, 0.15) is 22.3 Å². The van der Waals surface area contributed by atoms with Gasteiger partial charge >= 0.3 is 0 Å². The molecule has 3 nitrogen and oxygen atoms in total. The zero-order chi connectivity index (χ0) is 15.2. The molecule has 0 aliphatic heterocycles. The molecule has 0 radical (unpaired) electrons. The van der Waals surface area contributed by atoms with Crippen molar-refractivity contribution in [2.75, 3.05) is 14.2 Å². The average Bonchev–Trinajstić information content (AvgIpc) is 2.45. The second kappa shape index (κ2) is 7.14. The van der Waals surface area contributed by atoms with Crippen LogP contribution in [0, 0.1) is 13.8 Å². The fourth-order valence-corrected chi connectivity index (χ4v) is 2.47. The molecule has 0 spiro atoms. The predicted octanol–water partition coefficient (Wildman–Crippen LogP) is 3.61. The average molecular weight is 285 g/mol. The van der Waals surface area contributed by atoms with Crippen LogP contribution in [0.15, 0.2) is 36.4 Å². The summed E-state index contributed by atoms with van der Waals surface area (Å²) in [5.41, 5.74) is 4.82. The third-order valence-corrected chi connectivity index (χ3v) is 3.31. The first-order valence-electron chi connectivity index (χ1n) is 7.14. The Morgan fingerprint density at radius 3 is 2.33 bits per heavy atom. The first-order valence-corrected chi connectivity index (χ1v) is 7.14. The number of rotatable bonds is 6. The highest BCUT2D eigenvalue weighted by Gasteiger charge is 2.06. The number of hydrogen-bond acceptors (Lipinski definition) is 3. The van der Waals surface area contributed by atoms with E-state index in [2.05, 4.69) is 37.4 Å². The highest BCUT2D eigenvalue weighted by Crippen LogP contribution is 2.25. The van der Waals surface area contributed by atoms with Crippen LogP contribution in [-0.4, -0.2) is 14.2 Å². The van der Waals surface area contributed by atoms with Crippen molar-refractivity contribution in [2.45, 2.75) is 27.0 Å². The fourth-order valence-electron chi connectivity index (χ4n) is 2.47. The van der Waals surface area contributed by atoms with Crippen molar-refractivity contribution in [1.29, 1.82) is 0 Å². The van der Waals surface area contributed by atoms with E-state index in [4.69, 9.17) is 9.47 Å². The van der Waals surface area contributed by atoms with Gasteiger partial charge in [0, 0.05) is 12.1 Å². The molecule has 2 rings (SSSR count). The van der Waals surface area contributed by atoms with E-state index in [-0.39, 0.29) is 0 Å². The molecule has 0 aliphatic carbocycles. The van der Waals surface area contributed by atoms with Gasteiger partial charge in [0.05, 0.1) is 7.11 Å². The number of aryl methyl sites for hydroxylation is 2. The molecule has 0 atom stereocenters. The summed E-state index contributed by atoms with van der Waals surface area (Å²) in [6, 6.07) is 12.4. The number of methoxy groups -OCH3 is 1. The Bertz CT molecular complexity index is 588. The minimum atomic E-state index is 0.575. The van der Waals surface area contributed by atoms with E-state index in [9.17, 15) is 0 Å². The highest BCUT2D eigenvalue weighted by molar-refractivity contribution is 5.40. The second-order valence-electron chi connectivity index (χ2n) is 5.29. The summed E-state index contributed by atoms with van der Waals surface area (Å²) < 4.78 is 11.3. The summed E-state index contributed by atoms with van der Waals surface area (Å²) in [6.45, 7) is 5.54. The smallest absolute Gasteiger partial charge is 0.124 e. The lowest BCUT2D eigenvalue weighted by atomic mass is 10.1. The molecule has 0 saturated carbocycles. The lowest BCUT2D eigenvalue weighted by Gasteiger charge is -2.13. The molecule has 0 amide bonds. The van der Waals surface area contributed by atoms with Crippen molar-refractivity contribution in [1.82, 2.24) is 5.32 Å². The molecule has 0 aromatic heterocycles. The van der Waals surface area contributed by atoms with Gasteiger partial charge in [0.25, 0.3) is 0 Å². The van der Waals surface area contributed by atoms with Gasteiger partial charge in [-0.25, -0.2) is 0 Å². The van der Waals surface area contributed by atoms with Crippen LogP contribution < -0.4 is 14.8 Å². The number of benzene rings is 2. The second-order valence-corrected chi connectivity index (χ2v) is 5.29. The van der Waals surface area contributed by atoms with E-state index in [1.54, 1.807) is 7.11 Å².